The largest absolute Gasteiger partial charge is 0.365 e. The molecule has 1 aliphatic heterocycles. The number of anilines is 1. The van der Waals surface area contributed by atoms with E-state index < -0.39 is 0 Å². The zero-order valence-corrected chi connectivity index (χ0v) is 17.1. The quantitative estimate of drug-likeness (QED) is 0.634. The molecular weight excluding hydrogens is 383 g/mol. The first kappa shape index (κ1) is 19.5. The fourth-order valence-corrected chi connectivity index (χ4v) is 4.41. The summed E-state index contributed by atoms with van der Waals surface area (Å²) in [4.78, 5) is 16.2. The van der Waals surface area contributed by atoms with Gasteiger partial charge in [0.25, 0.3) is 5.91 Å². The Bertz CT molecular complexity index is 1000. The van der Waals surface area contributed by atoms with Crippen molar-refractivity contribution in [1.82, 2.24) is 5.32 Å². The van der Waals surface area contributed by atoms with Crippen LogP contribution in [0.25, 0.3) is 0 Å². The third-order valence-corrected chi connectivity index (χ3v) is 6.08. The van der Waals surface area contributed by atoms with Gasteiger partial charge in [-0.25, -0.2) is 4.39 Å². The average Bonchev–Trinajstić information content (AvgIpc) is 2.74. The molecule has 3 aromatic rings. The van der Waals surface area contributed by atoms with Gasteiger partial charge in [0.15, 0.2) is 0 Å². The smallest absolute Gasteiger partial charge is 0.251 e. The van der Waals surface area contributed by atoms with Gasteiger partial charge >= 0.3 is 0 Å². The normalized spacial score (nSPS) is 13.1. The minimum absolute atomic E-state index is 0.122. The van der Waals surface area contributed by atoms with Crippen molar-refractivity contribution in [2.24, 2.45) is 0 Å². The second-order valence-electron chi connectivity index (χ2n) is 7.25. The summed E-state index contributed by atoms with van der Waals surface area (Å²) in [6.45, 7) is 4.24. The molecule has 0 saturated carbocycles. The predicted octanol–water partition coefficient (Wildman–Crippen LogP) is 5.18. The summed E-state index contributed by atoms with van der Waals surface area (Å²) in [5, 5.41) is 2.93. The summed E-state index contributed by atoms with van der Waals surface area (Å²) in [5.74, 6) is 0.638. The molecule has 3 aromatic carbocycles. The van der Waals surface area contributed by atoms with Gasteiger partial charge in [0.05, 0.1) is 5.69 Å². The fourth-order valence-electron chi connectivity index (χ4n) is 3.38. The maximum Gasteiger partial charge on any atom is 0.251 e. The molecular formula is C24H23FN2OS. The molecule has 29 heavy (non-hydrogen) atoms. The van der Waals surface area contributed by atoms with E-state index >= 15 is 0 Å². The molecule has 1 heterocycles. The Morgan fingerprint density at radius 3 is 2.52 bits per heavy atom. The van der Waals surface area contributed by atoms with Crippen molar-refractivity contribution < 1.29 is 9.18 Å². The molecule has 0 radical (unpaired) electrons. The Labute approximate surface area is 174 Å². The van der Waals surface area contributed by atoms with E-state index in [0.717, 1.165) is 30.1 Å². The van der Waals surface area contributed by atoms with Crippen LogP contribution in [0.4, 0.5) is 10.1 Å². The Balaban J connectivity index is 1.49. The van der Waals surface area contributed by atoms with Crippen molar-refractivity contribution in [3.05, 3.63) is 94.8 Å². The molecule has 148 valence electrons. The maximum absolute atomic E-state index is 13.0. The van der Waals surface area contributed by atoms with E-state index in [2.05, 4.69) is 41.4 Å². The SMILES string of the molecule is Cc1ccc(CN2CCSc3ccc(C(=O)NCc4ccc(F)cc4)cc32)cc1. The molecule has 0 unspecified atom stereocenters. The molecule has 1 amide bonds. The first-order valence-electron chi connectivity index (χ1n) is 9.68. The number of fused-ring (bicyclic) bond motifs is 1. The maximum atomic E-state index is 13.0. The van der Waals surface area contributed by atoms with E-state index in [9.17, 15) is 9.18 Å². The molecule has 0 aliphatic carbocycles. The van der Waals surface area contributed by atoms with E-state index in [1.807, 2.05) is 30.0 Å². The lowest BCUT2D eigenvalue weighted by Crippen LogP contribution is -2.29. The summed E-state index contributed by atoms with van der Waals surface area (Å²) in [7, 11) is 0. The Morgan fingerprint density at radius 2 is 1.76 bits per heavy atom. The number of nitrogens with one attached hydrogen (secondary N) is 1. The van der Waals surface area contributed by atoms with Crippen molar-refractivity contribution in [2.45, 2.75) is 24.9 Å². The van der Waals surface area contributed by atoms with Gasteiger partial charge in [0.1, 0.15) is 5.82 Å². The summed E-state index contributed by atoms with van der Waals surface area (Å²) in [5.41, 5.74) is 5.14. The number of rotatable bonds is 5. The second-order valence-corrected chi connectivity index (χ2v) is 8.38. The lowest BCUT2D eigenvalue weighted by molar-refractivity contribution is 0.0951. The van der Waals surface area contributed by atoms with Gasteiger partial charge in [-0.15, -0.1) is 11.8 Å². The van der Waals surface area contributed by atoms with E-state index in [0.29, 0.717) is 12.1 Å². The van der Waals surface area contributed by atoms with Crippen LogP contribution in [-0.2, 0) is 13.1 Å². The van der Waals surface area contributed by atoms with Crippen LogP contribution in [-0.4, -0.2) is 18.2 Å². The number of hydrogen-bond donors (Lipinski definition) is 1. The highest BCUT2D eigenvalue weighted by Crippen LogP contribution is 2.36. The number of benzene rings is 3. The molecule has 0 bridgehead atoms. The molecule has 1 aliphatic rings. The number of thioether (sulfide) groups is 1. The van der Waals surface area contributed by atoms with Crippen LogP contribution >= 0.6 is 11.8 Å². The van der Waals surface area contributed by atoms with Gasteiger partial charge in [-0.3, -0.25) is 4.79 Å². The first-order valence-corrected chi connectivity index (χ1v) is 10.7. The number of carbonyl (C=O) groups excluding carboxylic acids is 1. The lowest BCUT2D eigenvalue weighted by atomic mass is 10.1. The van der Waals surface area contributed by atoms with Crippen LogP contribution in [0, 0.1) is 12.7 Å². The third-order valence-electron chi connectivity index (χ3n) is 5.04. The van der Waals surface area contributed by atoms with Crippen molar-refractivity contribution in [2.75, 3.05) is 17.2 Å². The number of aryl methyl sites for hydroxylation is 1. The van der Waals surface area contributed by atoms with Gasteiger partial charge in [-0.05, 0) is 48.4 Å². The van der Waals surface area contributed by atoms with Gasteiger partial charge in [-0.1, -0.05) is 42.0 Å². The molecule has 0 spiro atoms. The minimum atomic E-state index is -0.277. The highest BCUT2D eigenvalue weighted by Gasteiger charge is 2.19. The second kappa shape index (κ2) is 8.70. The van der Waals surface area contributed by atoms with Gasteiger partial charge < -0.3 is 10.2 Å². The van der Waals surface area contributed by atoms with Crippen molar-refractivity contribution in [3.8, 4) is 0 Å². The van der Waals surface area contributed by atoms with Gasteiger partial charge in [0, 0.05) is 35.8 Å². The molecule has 0 atom stereocenters. The van der Waals surface area contributed by atoms with Crippen LogP contribution in [0.1, 0.15) is 27.0 Å². The summed E-state index contributed by atoms with van der Waals surface area (Å²) in [6, 6.07) is 20.7. The van der Waals surface area contributed by atoms with E-state index in [1.165, 1.54) is 28.2 Å². The molecule has 0 saturated heterocycles. The number of amides is 1. The van der Waals surface area contributed by atoms with Crippen molar-refractivity contribution in [3.63, 3.8) is 0 Å². The fraction of sp³-hybridized carbons (Fsp3) is 0.208. The number of nitrogens with zero attached hydrogens (tertiary/aromatic N) is 1. The minimum Gasteiger partial charge on any atom is -0.365 e. The molecule has 3 nitrogen and oxygen atoms in total. The van der Waals surface area contributed by atoms with Crippen molar-refractivity contribution >= 4 is 23.4 Å². The lowest BCUT2D eigenvalue weighted by Gasteiger charge is -2.31. The molecule has 5 heteroatoms. The average molecular weight is 407 g/mol. The Hall–Kier alpha value is -2.79. The summed E-state index contributed by atoms with van der Waals surface area (Å²) < 4.78 is 13.0. The zero-order valence-electron chi connectivity index (χ0n) is 16.3. The van der Waals surface area contributed by atoms with Crippen LogP contribution in [0.2, 0.25) is 0 Å². The first-order chi connectivity index (χ1) is 14.1. The molecule has 1 N–H and O–H groups in total. The van der Waals surface area contributed by atoms with Crippen LogP contribution < -0.4 is 10.2 Å². The third kappa shape index (κ3) is 4.80. The molecule has 4 rings (SSSR count). The highest BCUT2D eigenvalue weighted by molar-refractivity contribution is 7.99. The van der Waals surface area contributed by atoms with E-state index in [-0.39, 0.29) is 11.7 Å². The topological polar surface area (TPSA) is 32.3 Å². The molecule has 0 aromatic heterocycles. The van der Waals surface area contributed by atoms with Crippen LogP contribution in [0.5, 0.6) is 0 Å². The van der Waals surface area contributed by atoms with E-state index in [1.54, 1.807) is 12.1 Å². The van der Waals surface area contributed by atoms with Crippen LogP contribution in [0.3, 0.4) is 0 Å². The zero-order chi connectivity index (χ0) is 20.2. The standard InChI is InChI=1S/C24H23FN2OS/c1-17-2-4-19(5-3-17)16-27-12-13-29-23-11-8-20(14-22(23)27)24(28)26-15-18-6-9-21(25)10-7-18/h2-11,14H,12-13,15-16H2,1H3,(H,26,28). The van der Waals surface area contributed by atoms with Gasteiger partial charge in [-0.2, -0.15) is 0 Å². The summed E-state index contributed by atoms with van der Waals surface area (Å²) >= 11 is 1.83. The number of halogens is 1. The van der Waals surface area contributed by atoms with Crippen molar-refractivity contribution in [1.29, 1.82) is 0 Å². The Morgan fingerprint density at radius 1 is 1.03 bits per heavy atom. The van der Waals surface area contributed by atoms with Crippen LogP contribution in [0.15, 0.2) is 71.6 Å². The number of hydrogen-bond acceptors (Lipinski definition) is 3. The molecule has 0 fully saturated rings. The Kier molecular flexibility index (Phi) is 5.86. The van der Waals surface area contributed by atoms with E-state index in [4.69, 9.17) is 0 Å². The monoisotopic (exact) mass is 406 g/mol. The highest BCUT2D eigenvalue weighted by atomic mass is 32.2. The summed E-state index contributed by atoms with van der Waals surface area (Å²) in [6.07, 6.45) is 0. The number of carbonyl (C=O) groups is 1. The predicted molar refractivity (Wildman–Crippen MR) is 117 cm³/mol. The van der Waals surface area contributed by atoms with Gasteiger partial charge in [0.2, 0.25) is 0 Å².